The van der Waals surface area contributed by atoms with Crippen LogP contribution in [0, 0.1) is 0 Å². The highest BCUT2D eigenvalue weighted by molar-refractivity contribution is 5.94. The first kappa shape index (κ1) is 16.9. The second kappa shape index (κ2) is 6.88. The summed E-state index contributed by atoms with van der Waals surface area (Å²) in [5.41, 5.74) is 8.69. The highest BCUT2D eigenvalue weighted by Crippen LogP contribution is 2.20. The van der Waals surface area contributed by atoms with Crippen LogP contribution in [0.1, 0.15) is 28.7 Å². The normalized spacial score (nSPS) is 11.1. The molecule has 0 aliphatic rings. The molecule has 2 aromatic heterocycles. The van der Waals surface area contributed by atoms with Crippen LogP contribution in [0.15, 0.2) is 27.9 Å². The first-order valence-corrected chi connectivity index (χ1v) is 7.39. The number of hydrazone groups is 1. The Labute approximate surface area is 145 Å². The highest BCUT2D eigenvalue weighted by atomic mass is 16.6. The van der Waals surface area contributed by atoms with Gasteiger partial charge in [-0.15, -0.1) is 5.10 Å². The van der Waals surface area contributed by atoms with Crippen LogP contribution in [0.25, 0.3) is 5.82 Å². The van der Waals surface area contributed by atoms with Crippen LogP contribution in [0.3, 0.4) is 0 Å². The Morgan fingerprint density at radius 1 is 1.42 bits per heavy atom. The van der Waals surface area contributed by atoms with Crippen LogP contribution in [0.2, 0.25) is 0 Å². The molecule has 0 fully saturated rings. The van der Waals surface area contributed by atoms with Crippen LogP contribution >= 0.6 is 0 Å². The van der Waals surface area contributed by atoms with Gasteiger partial charge in [0.25, 0.3) is 5.91 Å². The van der Waals surface area contributed by atoms with E-state index in [1.54, 1.807) is 6.92 Å². The first-order chi connectivity index (χ1) is 12.5. The Morgan fingerprint density at radius 2 is 2.23 bits per heavy atom. The molecule has 0 saturated carbocycles. The number of benzene rings is 1. The molecule has 0 bridgehead atoms. The first-order valence-electron chi connectivity index (χ1n) is 7.39. The molecule has 134 valence electrons. The third-order valence-corrected chi connectivity index (χ3v) is 3.39. The molecule has 3 aromatic rings. The van der Waals surface area contributed by atoms with Gasteiger partial charge in [0.1, 0.15) is 11.5 Å². The smallest absolute Gasteiger partial charge is 0.293 e. The molecule has 0 radical (unpaired) electrons. The van der Waals surface area contributed by atoms with Crippen molar-refractivity contribution in [1.82, 2.24) is 30.7 Å². The number of hydrogen-bond donors (Lipinski definition) is 4. The van der Waals surface area contributed by atoms with Gasteiger partial charge in [-0.3, -0.25) is 4.79 Å². The fourth-order valence-corrected chi connectivity index (χ4v) is 2.16. The predicted molar refractivity (Wildman–Crippen MR) is 87.8 cm³/mol. The molecule has 12 heteroatoms. The van der Waals surface area contributed by atoms with Gasteiger partial charge < -0.3 is 15.9 Å². The van der Waals surface area contributed by atoms with Gasteiger partial charge in [-0.25, -0.2) is 10.1 Å². The highest BCUT2D eigenvalue weighted by Gasteiger charge is 2.22. The van der Waals surface area contributed by atoms with Crippen molar-refractivity contribution >= 4 is 17.9 Å². The topological polar surface area (TPSA) is 178 Å². The van der Waals surface area contributed by atoms with Crippen LogP contribution in [-0.2, 0) is 6.42 Å². The zero-order valence-corrected chi connectivity index (χ0v) is 13.5. The fourth-order valence-electron chi connectivity index (χ4n) is 2.16. The Balaban J connectivity index is 1.79. The SMILES string of the molecule is CCc1c(C(=O)N/N=C/c2ccc(O)cc2O)nnn1-c1nonc1N. The van der Waals surface area contributed by atoms with Crippen molar-refractivity contribution in [2.24, 2.45) is 5.10 Å². The summed E-state index contributed by atoms with van der Waals surface area (Å²) < 4.78 is 5.78. The summed E-state index contributed by atoms with van der Waals surface area (Å²) in [6.45, 7) is 1.80. The van der Waals surface area contributed by atoms with Gasteiger partial charge in [-0.1, -0.05) is 12.1 Å². The van der Waals surface area contributed by atoms with Crippen molar-refractivity contribution in [3.63, 3.8) is 0 Å². The number of aromatic nitrogens is 5. The van der Waals surface area contributed by atoms with Crippen LogP contribution in [0.5, 0.6) is 11.5 Å². The van der Waals surface area contributed by atoms with E-state index < -0.39 is 5.91 Å². The van der Waals surface area contributed by atoms with E-state index in [2.05, 4.69) is 35.8 Å². The number of phenolic OH excluding ortho intramolecular Hbond substituents is 2. The van der Waals surface area contributed by atoms with Gasteiger partial charge in [0.05, 0.1) is 11.9 Å². The van der Waals surface area contributed by atoms with Gasteiger partial charge in [0.15, 0.2) is 5.69 Å². The number of nitrogens with one attached hydrogen (secondary N) is 1. The van der Waals surface area contributed by atoms with E-state index in [1.807, 2.05) is 0 Å². The van der Waals surface area contributed by atoms with E-state index >= 15 is 0 Å². The third-order valence-electron chi connectivity index (χ3n) is 3.39. The lowest BCUT2D eigenvalue weighted by Crippen LogP contribution is -2.20. The number of nitrogens with zero attached hydrogens (tertiary/aromatic N) is 6. The Morgan fingerprint density at radius 3 is 2.88 bits per heavy atom. The van der Waals surface area contributed by atoms with Crippen molar-refractivity contribution < 1.29 is 19.6 Å². The molecule has 3 rings (SSSR count). The minimum absolute atomic E-state index is 0.0115. The number of carbonyl (C=O) groups is 1. The van der Waals surface area contributed by atoms with Gasteiger partial charge in [0, 0.05) is 11.6 Å². The summed E-state index contributed by atoms with van der Waals surface area (Å²) in [6.07, 6.45) is 1.63. The van der Waals surface area contributed by atoms with Crippen molar-refractivity contribution in [3.05, 3.63) is 35.2 Å². The summed E-state index contributed by atoms with van der Waals surface area (Å²) in [4.78, 5) is 12.3. The molecule has 0 aliphatic carbocycles. The predicted octanol–water partition coefficient (Wildman–Crippen LogP) is -0.0300. The fraction of sp³-hybridized carbons (Fsp3) is 0.143. The maximum absolute atomic E-state index is 12.3. The number of anilines is 1. The van der Waals surface area contributed by atoms with Gasteiger partial charge in [-0.2, -0.15) is 9.78 Å². The summed E-state index contributed by atoms with van der Waals surface area (Å²) in [5, 5.41) is 37.4. The van der Waals surface area contributed by atoms with E-state index in [9.17, 15) is 15.0 Å². The van der Waals surface area contributed by atoms with E-state index in [0.717, 1.165) is 6.07 Å². The van der Waals surface area contributed by atoms with E-state index in [0.29, 0.717) is 17.7 Å². The minimum atomic E-state index is -0.613. The van der Waals surface area contributed by atoms with E-state index in [4.69, 9.17) is 5.73 Å². The Bertz CT molecular complexity index is 977. The van der Waals surface area contributed by atoms with Crippen molar-refractivity contribution in [2.45, 2.75) is 13.3 Å². The molecule has 1 aromatic carbocycles. The molecule has 12 nitrogen and oxygen atoms in total. The second-order valence-electron chi connectivity index (χ2n) is 5.07. The molecule has 1 amide bonds. The number of rotatable bonds is 5. The van der Waals surface area contributed by atoms with Gasteiger partial charge in [-0.05, 0) is 28.9 Å². The summed E-state index contributed by atoms with van der Waals surface area (Å²) in [5.74, 6) is -0.743. The molecule has 0 aliphatic heterocycles. The number of phenols is 2. The lowest BCUT2D eigenvalue weighted by molar-refractivity contribution is 0.0949. The molecule has 26 heavy (non-hydrogen) atoms. The number of aromatic hydroxyl groups is 2. The Hall–Kier alpha value is -3.96. The minimum Gasteiger partial charge on any atom is -0.508 e. The Kier molecular flexibility index (Phi) is 4.47. The van der Waals surface area contributed by atoms with Crippen molar-refractivity contribution in [2.75, 3.05) is 5.73 Å². The van der Waals surface area contributed by atoms with E-state index in [-0.39, 0.29) is 28.8 Å². The largest absolute Gasteiger partial charge is 0.508 e. The van der Waals surface area contributed by atoms with Crippen LogP contribution < -0.4 is 11.2 Å². The number of amides is 1. The molecule has 0 saturated heterocycles. The van der Waals surface area contributed by atoms with Gasteiger partial charge >= 0.3 is 0 Å². The summed E-state index contributed by atoms with van der Waals surface area (Å²) >= 11 is 0. The molecular formula is C14H14N8O4. The standard InChI is InChI=1S/C14H14N8O4/c1-2-9-11(17-21-22(9)13-12(15)19-26-20-13)14(25)18-16-6-7-3-4-8(23)5-10(7)24/h3-6,23-24H,2H2,1H3,(H2,15,19)(H,18,25)/b16-6+. The quantitative estimate of drug-likeness (QED) is 0.360. The lowest BCUT2D eigenvalue weighted by atomic mass is 10.2. The monoisotopic (exact) mass is 358 g/mol. The number of hydrogen-bond acceptors (Lipinski definition) is 10. The third kappa shape index (κ3) is 3.15. The number of carbonyl (C=O) groups excluding carboxylic acids is 1. The van der Waals surface area contributed by atoms with Crippen molar-refractivity contribution in [1.29, 1.82) is 0 Å². The number of nitrogens with two attached hydrogens (primary N) is 1. The van der Waals surface area contributed by atoms with Crippen molar-refractivity contribution in [3.8, 4) is 17.3 Å². The van der Waals surface area contributed by atoms with Crippen LogP contribution in [0.4, 0.5) is 5.82 Å². The summed E-state index contributed by atoms with van der Waals surface area (Å²) in [6, 6.07) is 3.97. The molecule has 5 N–H and O–H groups in total. The number of nitrogen functional groups attached to an aromatic ring is 1. The molecule has 0 atom stereocenters. The second-order valence-corrected chi connectivity index (χ2v) is 5.07. The van der Waals surface area contributed by atoms with E-state index in [1.165, 1.54) is 23.0 Å². The zero-order chi connectivity index (χ0) is 18.7. The molecule has 0 unspecified atom stereocenters. The van der Waals surface area contributed by atoms with Crippen LogP contribution in [-0.4, -0.2) is 47.6 Å². The lowest BCUT2D eigenvalue weighted by Gasteiger charge is -2.02. The maximum atomic E-state index is 12.3. The summed E-state index contributed by atoms with van der Waals surface area (Å²) in [7, 11) is 0. The average Bonchev–Trinajstić information content (AvgIpc) is 3.21. The zero-order valence-electron chi connectivity index (χ0n) is 13.5. The molecule has 0 spiro atoms. The van der Waals surface area contributed by atoms with Gasteiger partial charge in [0.2, 0.25) is 11.6 Å². The molecular weight excluding hydrogens is 344 g/mol. The average molecular weight is 358 g/mol. The molecule has 2 heterocycles. The maximum Gasteiger partial charge on any atom is 0.293 e.